The molecule has 0 aliphatic carbocycles. The molecular weight excluding hydrogens is 260 g/mol. The predicted octanol–water partition coefficient (Wildman–Crippen LogP) is 1.25. The van der Waals surface area contributed by atoms with Gasteiger partial charge >= 0.3 is 5.97 Å². The highest BCUT2D eigenvalue weighted by Crippen LogP contribution is 2.11. The molecule has 1 aromatic carbocycles. The minimum Gasteiger partial charge on any atom is -0.497 e. The van der Waals surface area contributed by atoms with Gasteiger partial charge in [0.2, 0.25) is 0 Å². The Balaban J connectivity index is 2.09. The van der Waals surface area contributed by atoms with Crippen LogP contribution in [0.15, 0.2) is 35.3 Å². The number of nitrogens with zero attached hydrogens (tertiary/aromatic N) is 1. The fourth-order valence-electron chi connectivity index (χ4n) is 1.90. The highest BCUT2D eigenvalue weighted by Gasteiger charge is 2.08. The minimum atomic E-state index is -0.910. The molecule has 20 heavy (non-hydrogen) atoms. The maximum Gasteiger partial charge on any atom is 0.303 e. The van der Waals surface area contributed by atoms with E-state index in [0.29, 0.717) is 12.1 Å². The van der Waals surface area contributed by atoms with Crippen molar-refractivity contribution in [3.63, 3.8) is 0 Å². The first-order valence-electron chi connectivity index (χ1n) is 6.22. The highest BCUT2D eigenvalue weighted by atomic mass is 16.5. The second-order valence-electron chi connectivity index (χ2n) is 4.43. The van der Waals surface area contributed by atoms with Crippen molar-refractivity contribution in [1.82, 2.24) is 9.78 Å². The first kappa shape index (κ1) is 13.9. The van der Waals surface area contributed by atoms with E-state index in [1.807, 2.05) is 24.3 Å². The highest BCUT2D eigenvalue weighted by molar-refractivity contribution is 5.67. The van der Waals surface area contributed by atoms with Crippen LogP contribution in [0.4, 0.5) is 0 Å². The van der Waals surface area contributed by atoms with Gasteiger partial charge in [-0.3, -0.25) is 9.59 Å². The van der Waals surface area contributed by atoms with Crippen LogP contribution in [0.1, 0.15) is 17.5 Å². The largest absolute Gasteiger partial charge is 0.497 e. The molecule has 2 N–H and O–H groups in total. The normalized spacial score (nSPS) is 10.4. The molecule has 0 saturated carbocycles. The van der Waals surface area contributed by atoms with Crippen LogP contribution in [0.2, 0.25) is 0 Å². The summed E-state index contributed by atoms with van der Waals surface area (Å²) in [4.78, 5) is 22.5. The number of carboxylic acid groups (broad SMARTS) is 1. The van der Waals surface area contributed by atoms with Gasteiger partial charge in [-0.25, -0.2) is 4.68 Å². The number of carbonyl (C=O) groups is 1. The molecule has 0 radical (unpaired) electrons. The average molecular weight is 276 g/mol. The number of hydrogen-bond acceptors (Lipinski definition) is 3. The van der Waals surface area contributed by atoms with Crippen LogP contribution in [0, 0.1) is 0 Å². The van der Waals surface area contributed by atoms with Gasteiger partial charge in [0.05, 0.1) is 13.7 Å². The summed E-state index contributed by atoms with van der Waals surface area (Å²) in [6.07, 6.45) is 1.75. The van der Waals surface area contributed by atoms with E-state index < -0.39 is 5.97 Å². The van der Waals surface area contributed by atoms with E-state index in [1.54, 1.807) is 13.3 Å². The van der Waals surface area contributed by atoms with E-state index in [0.717, 1.165) is 11.3 Å². The van der Waals surface area contributed by atoms with Gasteiger partial charge in [-0.2, -0.15) is 0 Å². The number of rotatable bonds is 6. The summed E-state index contributed by atoms with van der Waals surface area (Å²) >= 11 is 0. The Hall–Kier alpha value is -2.50. The van der Waals surface area contributed by atoms with Crippen molar-refractivity contribution in [2.75, 3.05) is 7.11 Å². The van der Waals surface area contributed by atoms with Crippen molar-refractivity contribution in [2.45, 2.75) is 19.4 Å². The molecule has 0 fully saturated rings. The summed E-state index contributed by atoms with van der Waals surface area (Å²) in [5, 5.41) is 11.5. The number of nitrogens with one attached hydrogen (secondary N) is 1. The third-order valence-electron chi connectivity index (χ3n) is 3.02. The van der Waals surface area contributed by atoms with Crippen LogP contribution < -0.4 is 10.3 Å². The number of aromatic nitrogens is 2. The van der Waals surface area contributed by atoms with Gasteiger partial charge in [0.25, 0.3) is 5.56 Å². The molecule has 0 aliphatic rings. The molecule has 1 aromatic heterocycles. The number of H-pyrrole nitrogens is 1. The molecule has 1 heterocycles. The Labute approximate surface area is 115 Å². The Morgan fingerprint density at radius 1 is 1.35 bits per heavy atom. The molecule has 0 bridgehead atoms. The Kier molecular flexibility index (Phi) is 4.24. The molecule has 0 saturated heterocycles. The number of ether oxygens (including phenoxy) is 1. The number of hydrogen-bond donors (Lipinski definition) is 2. The number of benzene rings is 1. The molecule has 0 atom stereocenters. The predicted molar refractivity (Wildman–Crippen MR) is 73.1 cm³/mol. The van der Waals surface area contributed by atoms with Crippen molar-refractivity contribution in [2.24, 2.45) is 0 Å². The third kappa shape index (κ3) is 3.28. The second-order valence-corrected chi connectivity index (χ2v) is 4.43. The molecule has 2 aromatic rings. The first-order chi connectivity index (χ1) is 9.60. The van der Waals surface area contributed by atoms with E-state index in [1.165, 1.54) is 4.68 Å². The van der Waals surface area contributed by atoms with E-state index in [4.69, 9.17) is 9.84 Å². The number of carboxylic acids is 1. The summed E-state index contributed by atoms with van der Waals surface area (Å²) < 4.78 is 6.53. The van der Waals surface area contributed by atoms with Crippen LogP contribution in [0.25, 0.3) is 0 Å². The lowest BCUT2D eigenvalue weighted by molar-refractivity contribution is -0.136. The van der Waals surface area contributed by atoms with E-state index in [2.05, 4.69) is 5.10 Å². The smallest absolute Gasteiger partial charge is 0.303 e. The number of aliphatic carboxylic acids is 1. The molecule has 6 heteroatoms. The Bertz CT molecular complexity index is 640. The zero-order valence-corrected chi connectivity index (χ0v) is 11.1. The SMILES string of the molecule is COc1ccc(Cn2[nH]cc(CCC(=O)O)c2=O)cc1. The van der Waals surface area contributed by atoms with Crippen LogP contribution >= 0.6 is 0 Å². The maximum absolute atomic E-state index is 12.0. The third-order valence-corrected chi connectivity index (χ3v) is 3.02. The van der Waals surface area contributed by atoms with Crippen molar-refractivity contribution >= 4 is 5.97 Å². The Morgan fingerprint density at radius 2 is 2.05 bits per heavy atom. The molecule has 6 nitrogen and oxygen atoms in total. The minimum absolute atomic E-state index is 0.0460. The van der Waals surface area contributed by atoms with E-state index in [9.17, 15) is 9.59 Å². The van der Waals surface area contributed by atoms with E-state index in [-0.39, 0.29) is 18.4 Å². The topological polar surface area (TPSA) is 84.3 Å². The van der Waals surface area contributed by atoms with Gasteiger partial charge in [-0.1, -0.05) is 12.1 Å². The summed E-state index contributed by atoms with van der Waals surface area (Å²) in [7, 11) is 1.60. The quantitative estimate of drug-likeness (QED) is 0.831. The Morgan fingerprint density at radius 3 is 2.65 bits per heavy atom. The molecule has 0 aliphatic heterocycles. The van der Waals surface area contributed by atoms with Crippen molar-refractivity contribution in [1.29, 1.82) is 0 Å². The first-order valence-corrected chi connectivity index (χ1v) is 6.22. The molecular formula is C14H16N2O4. The summed E-state index contributed by atoms with van der Waals surface area (Å²) in [6.45, 7) is 0.413. The summed E-state index contributed by atoms with van der Waals surface area (Å²) in [6, 6.07) is 7.41. The maximum atomic E-state index is 12.0. The zero-order chi connectivity index (χ0) is 14.5. The van der Waals surface area contributed by atoms with Crippen LogP contribution in [-0.2, 0) is 17.8 Å². The van der Waals surface area contributed by atoms with Gasteiger partial charge in [-0.15, -0.1) is 0 Å². The molecule has 0 amide bonds. The fraction of sp³-hybridized carbons (Fsp3) is 0.286. The molecule has 0 unspecified atom stereocenters. The van der Waals surface area contributed by atoms with E-state index >= 15 is 0 Å². The van der Waals surface area contributed by atoms with Gasteiger partial charge < -0.3 is 14.9 Å². The fourth-order valence-corrected chi connectivity index (χ4v) is 1.90. The molecule has 0 spiro atoms. The van der Waals surface area contributed by atoms with Gasteiger partial charge in [0.1, 0.15) is 5.75 Å². The van der Waals surface area contributed by atoms with Crippen molar-refractivity contribution < 1.29 is 14.6 Å². The lowest BCUT2D eigenvalue weighted by Crippen LogP contribution is -2.20. The van der Waals surface area contributed by atoms with Crippen LogP contribution in [-0.4, -0.2) is 28.0 Å². The zero-order valence-electron chi connectivity index (χ0n) is 11.1. The number of aromatic amines is 1. The molecule has 106 valence electrons. The van der Waals surface area contributed by atoms with Gasteiger partial charge in [-0.05, 0) is 24.1 Å². The lowest BCUT2D eigenvalue weighted by Gasteiger charge is -2.04. The standard InChI is InChI=1S/C14H16N2O4/c1-20-12-5-2-10(3-6-12)9-16-14(19)11(8-15-16)4-7-13(17)18/h2-3,5-6,8,15H,4,7,9H2,1H3,(H,17,18). The van der Waals surface area contributed by atoms with Crippen molar-refractivity contribution in [3.8, 4) is 5.75 Å². The summed E-state index contributed by atoms with van der Waals surface area (Å²) in [5.41, 5.74) is 1.27. The average Bonchev–Trinajstić information content (AvgIpc) is 2.78. The van der Waals surface area contributed by atoms with Gasteiger partial charge in [0, 0.05) is 18.2 Å². The number of methoxy groups -OCH3 is 1. The lowest BCUT2D eigenvalue weighted by atomic mass is 10.2. The van der Waals surface area contributed by atoms with Crippen LogP contribution in [0.3, 0.4) is 0 Å². The molecule has 2 rings (SSSR count). The van der Waals surface area contributed by atoms with Gasteiger partial charge in [0.15, 0.2) is 0 Å². The second kappa shape index (κ2) is 6.10. The van der Waals surface area contributed by atoms with Crippen LogP contribution in [0.5, 0.6) is 5.75 Å². The summed E-state index contributed by atoms with van der Waals surface area (Å²) in [5.74, 6) is -0.151. The monoisotopic (exact) mass is 276 g/mol. The number of aryl methyl sites for hydroxylation is 1. The van der Waals surface area contributed by atoms with Crippen molar-refractivity contribution in [3.05, 3.63) is 51.9 Å².